The molecule has 0 saturated heterocycles. The van der Waals surface area contributed by atoms with E-state index in [-0.39, 0.29) is 5.56 Å². The van der Waals surface area contributed by atoms with Crippen LogP contribution in [0.3, 0.4) is 0 Å². The summed E-state index contributed by atoms with van der Waals surface area (Å²) in [4.78, 5) is 24.1. The van der Waals surface area contributed by atoms with Crippen LogP contribution in [0.2, 0.25) is 5.02 Å². The number of imidazole rings is 1. The van der Waals surface area contributed by atoms with Crippen molar-refractivity contribution in [2.24, 2.45) is 0 Å². The van der Waals surface area contributed by atoms with E-state index in [2.05, 4.69) is 20.3 Å². The van der Waals surface area contributed by atoms with Crippen LogP contribution in [0.5, 0.6) is 5.75 Å². The summed E-state index contributed by atoms with van der Waals surface area (Å²) in [5, 5.41) is 3.84. The first-order valence-electron chi connectivity index (χ1n) is 10.1. The van der Waals surface area contributed by atoms with Crippen molar-refractivity contribution in [3.05, 3.63) is 93.4 Å². The molecule has 0 amide bonds. The summed E-state index contributed by atoms with van der Waals surface area (Å²) in [6, 6.07) is 14.7. The second kappa shape index (κ2) is 8.51. The van der Waals surface area contributed by atoms with E-state index in [0.29, 0.717) is 22.4 Å². The molecule has 0 spiro atoms. The molecular formula is C24H24ClN5O2. The minimum atomic E-state index is -0.490. The molecule has 0 saturated carbocycles. The molecule has 0 bridgehead atoms. The van der Waals surface area contributed by atoms with Crippen molar-refractivity contribution < 1.29 is 4.74 Å². The fourth-order valence-corrected chi connectivity index (χ4v) is 3.64. The summed E-state index contributed by atoms with van der Waals surface area (Å²) in [7, 11) is 1.61. The molecule has 2 aromatic heterocycles. The third kappa shape index (κ3) is 4.38. The third-order valence-corrected chi connectivity index (χ3v) is 5.63. The Morgan fingerprint density at radius 2 is 1.88 bits per heavy atom. The number of nitrogens with one attached hydrogen (secondary N) is 2. The minimum Gasteiger partial charge on any atom is -0.494 e. The Morgan fingerprint density at radius 3 is 2.53 bits per heavy atom. The number of halogens is 1. The number of benzene rings is 2. The molecule has 0 fully saturated rings. The molecule has 32 heavy (non-hydrogen) atoms. The zero-order chi connectivity index (χ0) is 22.9. The average molecular weight is 450 g/mol. The summed E-state index contributed by atoms with van der Waals surface area (Å²) >= 11 is 6.03. The Kier molecular flexibility index (Phi) is 5.76. The first-order chi connectivity index (χ1) is 15.3. The number of aromatic nitrogens is 4. The zero-order valence-electron chi connectivity index (χ0n) is 18.3. The number of hydrogen-bond donors (Lipinski definition) is 2. The molecule has 7 nitrogen and oxygen atoms in total. The smallest absolute Gasteiger partial charge is 0.252 e. The van der Waals surface area contributed by atoms with Gasteiger partial charge in [-0.15, -0.1) is 0 Å². The summed E-state index contributed by atoms with van der Waals surface area (Å²) in [5.74, 6) is 1.01. The highest BCUT2D eigenvalue weighted by Crippen LogP contribution is 2.32. The van der Waals surface area contributed by atoms with Gasteiger partial charge in [-0.25, -0.2) is 9.97 Å². The van der Waals surface area contributed by atoms with Gasteiger partial charge in [-0.1, -0.05) is 37.6 Å². The lowest BCUT2D eigenvalue weighted by atomic mass is 9.81. The van der Waals surface area contributed by atoms with Crippen molar-refractivity contribution in [2.45, 2.75) is 26.2 Å². The van der Waals surface area contributed by atoms with Crippen LogP contribution in [-0.2, 0) is 5.41 Å². The van der Waals surface area contributed by atoms with E-state index in [4.69, 9.17) is 16.3 Å². The molecule has 0 atom stereocenters. The molecule has 4 rings (SSSR count). The Morgan fingerprint density at radius 1 is 1.12 bits per heavy atom. The van der Waals surface area contributed by atoms with Crippen LogP contribution in [0, 0.1) is 6.92 Å². The third-order valence-electron chi connectivity index (χ3n) is 5.38. The molecular weight excluding hydrogens is 426 g/mol. The van der Waals surface area contributed by atoms with E-state index >= 15 is 0 Å². The second-order valence-corrected chi connectivity index (χ2v) is 8.48. The molecule has 2 heterocycles. The van der Waals surface area contributed by atoms with Gasteiger partial charge in [0.25, 0.3) is 5.56 Å². The van der Waals surface area contributed by atoms with E-state index in [1.807, 2.05) is 74.0 Å². The molecule has 8 heteroatoms. The minimum absolute atomic E-state index is 0.239. The Bertz CT molecular complexity index is 1310. The van der Waals surface area contributed by atoms with Crippen LogP contribution in [0.15, 0.2) is 65.8 Å². The van der Waals surface area contributed by atoms with Gasteiger partial charge in [-0.3, -0.25) is 9.78 Å². The van der Waals surface area contributed by atoms with Crippen molar-refractivity contribution in [2.75, 3.05) is 12.4 Å². The summed E-state index contributed by atoms with van der Waals surface area (Å²) in [6.07, 6.45) is 3.66. The lowest BCUT2D eigenvalue weighted by Crippen LogP contribution is -2.24. The predicted octanol–water partition coefficient (Wildman–Crippen LogP) is 5.00. The molecule has 0 aliphatic carbocycles. The molecule has 0 radical (unpaired) electrons. The highest BCUT2D eigenvalue weighted by molar-refractivity contribution is 6.30. The number of hydrogen-bond acceptors (Lipinski definition) is 5. The standard InChI is InChI=1S/C24H24ClN5O2/c1-15-13-30(14-26-15)19-10-9-18(11-20(19)32-4)27-23-28-21(12-22(31)29-23)24(2,3)16-5-7-17(25)8-6-16/h5-14H,1-4H3,(H2,27,28,29,31). The number of nitrogens with zero attached hydrogens (tertiary/aromatic N) is 3. The molecule has 0 aliphatic heterocycles. The van der Waals surface area contributed by atoms with Crippen molar-refractivity contribution in [3.63, 3.8) is 0 Å². The molecule has 4 aromatic rings. The maximum absolute atomic E-state index is 12.4. The molecule has 2 N–H and O–H groups in total. The van der Waals surface area contributed by atoms with Crippen LogP contribution in [-0.4, -0.2) is 26.6 Å². The summed E-state index contributed by atoms with van der Waals surface area (Å²) in [6.45, 7) is 5.97. The van der Waals surface area contributed by atoms with Crippen LogP contribution in [0.4, 0.5) is 11.6 Å². The first-order valence-corrected chi connectivity index (χ1v) is 10.5. The van der Waals surface area contributed by atoms with E-state index in [1.165, 1.54) is 6.07 Å². The van der Waals surface area contributed by atoms with Crippen molar-refractivity contribution in [3.8, 4) is 11.4 Å². The van der Waals surface area contributed by atoms with Crippen molar-refractivity contribution in [1.82, 2.24) is 19.5 Å². The van der Waals surface area contributed by atoms with Crippen molar-refractivity contribution in [1.29, 1.82) is 0 Å². The van der Waals surface area contributed by atoms with Gasteiger partial charge < -0.3 is 14.6 Å². The molecule has 0 aliphatic rings. The number of methoxy groups -OCH3 is 1. The monoisotopic (exact) mass is 449 g/mol. The average Bonchev–Trinajstić information content (AvgIpc) is 3.19. The quantitative estimate of drug-likeness (QED) is 0.433. The van der Waals surface area contributed by atoms with Crippen LogP contribution >= 0.6 is 11.6 Å². The number of rotatable bonds is 6. The van der Waals surface area contributed by atoms with Crippen LogP contribution in [0.1, 0.15) is 30.8 Å². The largest absolute Gasteiger partial charge is 0.494 e. The fourth-order valence-electron chi connectivity index (χ4n) is 3.51. The number of H-pyrrole nitrogens is 1. The van der Waals surface area contributed by atoms with Gasteiger partial charge in [-0.2, -0.15) is 0 Å². The highest BCUT2D eigenvalue weighted by atomic mass is 35.5. The lowest BCUT2D eigenvalue weighted by molar-refractivity contribution is 0.413. The maximum atomic E-state index is 12.4. The van der Waals surface area contributed by atoms with Gasteiger partial charge in [-0.05, 0) is 36.8 Å². The predicted molar refractivity (Wildman–Crippen MR) is 127 cm³/mol. The SMILES string of the molecule is COc1cc(Nc2nc(C(C)(C)c3ccc(Cl)cc3)cc(=O)[nH]2)ccc1-n1cnc(C)c1. The Hall–Kier alpha value is -3.58. The van der Waals surface area contributed by atoms with Gasteiger partial charge in [0.1, 0.15) is 5.75 Å². The summed E-state index contributed by atoms with van der Waals surface area (Å²) in [5.41, 5.74) is 3.42. The van der Waals surface area contributed by atoms with E-state index < -0.39 is 5.41 Å². The lowest BCUT2D eigenvalue weighted by Gasteiger charge is -2.25. The fraction of sp³-hybridized carbons (Fsp3) is 0.208. The van der Waals surface area contributed by atoms with E-state index in [1.54, 1.807) is 13.4 Å². The highest BCUT2D eigenvalue weighted by Gasteiger charge is 2.26. The van der Waals surface area contributed by atoms with E-state index in [9.17, 15) is 4.79 Å². The molecule has 0 unspecified atom stereocenters. The molecule has 164 valence electrons. The van der Waals surface area contributed by atoms with Gasteiger partial charge in [0.05, 0.1) is 30.5 Å². The Balaban J connectivity index is 1.66. The topological polar surface area (TPSA) is 84.8 Å². The normalized spacial score (nSPS) is 11.4. The number of anilines is 2. The van der Waals surface area contributed by atoms with Gasteiger partial charge in [0.15, 0.2) is 0 Å². The van der Waals surface area contributed by atoms with Crippen LogP contribution < -0.4 is 15.6 Å². The Labute approximate surface area is 191 Å². The zero-order valence-corrected chi connectivity index (χ0v) is 19.1. The summed E-state index contributed by atoms with van der Waals surface area (Å²) < 4.78 is 7.46. The van der Waals surface area contributed by atoms with Crippen LogP contribution in [0.25, 0.3) is 5.69 Å². The van der Waals surface area contributed by atoms with Gasteiger partial charge in [0, 0.05) is 34.5 Å². The van der Waals surface area contributed by atoms with Gasteiger partial charge >= 0.3 is 0 Å². The van der Waals surface area contributed by atoms with Gasteiger partial charge in [0.2, 0.25) is 5.95 Å². The van der Waals surface area contributed by atoms with Crippen molar-refractivity contribution >= 4 is 23.2 Å². The maximum Gasteiger partial charge on any atom is 0.252 e. The first kappa shape index (κ1) is 21.6. The molecule has 2 aromatic carbocycles. The van der Waals surface area contributed by atoms with E-state index in [0.717, 1.165) is 22.6 Å². The number of ether oxygens (including phenoxy) is 1. The number of aryl methyl sites for hydroxylation is 1. The second-order valence-electron chi connectivity index (χ2n) is 8.05. The number of aromatic amines is 1.